The molecule has 1 saturated heterocycles. The van der Waals surface area contributed by atoms with Crippen LogP contribution in [0, 0.1) is 0 Å². The average Bonchev–Trinajstić information content (AvgIpc) is 2.36. The number of Topliss-reactive ketones (excluding diaryl/α,β-unsaturated/α-hetero) is 1. The molecule has 0 aromatic carbocycles. The monoisotopic (exact) mass is 162 g/mol. The molecule has 0 aromatic heterocycles. The number of hydrogen-bond donors (Lipinski definition) is 0. The first kappa shape index (κ1) is 8.02. The van der Waals surface area contributed by atoms with Crippen LogP contribution < -0.4 is 0 Å². The molecule has 0 N–H and O–H groups in total. The molecule has 0 bridgehead atoms. The summed E-state index contributed by atoms with van der Waals surface area (Å²) in [6.45, 7) is 2.50. The van der Waals surface area contributed by atoms with Crippen LogP contribution in [0.3, 0.4) is 0 Å². The zero-order valence-corrected chi connectivity index (χ0v) is 6.78. The lowest BCUT2D eigenvalue weighted by molar-refractivity contribution is -0.134. The molecule has 1 aliphatic heterocycles. The quantitative estimate of drug-likeness (QED) is 0.574. The summed E-state index contributed by atoms with van der Waals surface area (Å²) in [5, 5.41) is 0. The highest BCUT2D eigenvalue weighted by molar-refractivity contribution is 6.28. The van der Waals surface area contributed by atoms with Gasteiger partial charge >= 0.3 is 0 Å². The zero-order valence-electron chi connectivity index (χ0n) is 6.02. The van der Waals surface area contributed by atoms with Crippen LogP contribution in [-0.2, 0) is 9.53 Å². The third-order valence-corrected chi connectivity index (χ3v) is 2.17. The Kier molecular flexibility index (Phi) is 2.32. The highest BCUT2D eigenvalue weighted by Gasteiger charge is 2.36. The lowest BCUT2D eigenvalue weighted by atomic mass is 9.99. The van der Waals surface area contributed by atoms with Crippen molar-refractivity contribution >= 4 is 17.4 Å². The minimum absolute atomic E-state index is 0.00617. The fourth-order valence-corrected chi connectivity index (χ4v) is 1.42. The number of carbonyl (C=O) groups excluding carboxylic acids is 1. The summed E-state index contributed by atoms with van der Waals surface area (Å²) in [7, 11) is 0. The number of alkyl halides is 1. The van der Waals surface area contributed by atoms with Crippen LogP contribution in [0.5, 0.6) is 0 Å². The lowest BCUT2D eigenvalue weighted by Gasteiger charge is -2.19. The van der Waals surface area contributed by atoms with Gasteiger partial charge in [0.15, 0.2) is 5.78 Å². The van der Waals surface area contributed by atoms with E-state index in [0.717, 1.165) is 12.8 Å². The van der Waals surface area contributed by atoms with Crippen molar-refractivity contribution in [1.29, 1.82) is 0 Å². The van der Waals surface area contributed by atoms with Crippen molar-refractivity contribution in [2.24, 2.45) is 0 Å². The van der Waals surface area contributed by atoms with Gasteiger partial charge in [0, 0.05) is 6.61 Å². The number of halogens is 1. The van der Waals surface area contributed by atoms with E-state index in [2.05, 4.69) is 0 Å². The van der Waals surface area contributed by atoms with Gasteiger partial charge in [-0.05, 0) is 19.8 Å². The van der Waals surface area contributed by atoms with Crippen molar-refractivity contribution < 1.29 is 9.53 Å². The molecule has 1 unspecified atom stereocenters. The molecule has 1 heterocycles. The van der Waals surface area contributed by atoms with Crippen molar-refractivity contribution in [2.75, 3.05) is 12.5 Å². The van der Waals surface area contributed by atoms with E-state index in [1.807, 2.05) is 6.92 Å². The maximum absolute atomic E-state index is 11.1. The minimum Gasteiger partial charge on any atom is -0.367 e. The maximum Gasteiger partial charge on any atom is 0.178 e. The summed E-state index contributed by atoms with van der Waals surface area (Å²) in [4.78, 5) is 11.1. The van der Waals surface area contributed by atoms with E-state index < -0.39 is 5.60 Å². The van der Waals surface area contributed by atoms with Gasteiger partial charge < -0.3 is 4.74 Å². The molecule has 0 aromatic rings. The van der Waals surface area contributed by atoms with Crippen molar-refractivity contribution in [3.8, 4) is 0 Å². The summed E-state index contributed by atoms with van der Waals surface area (Å²) < 4.78 is 5.26. The molecule has 0 radical (unpaired) electrons. The highest BCUT2D eigenvalue weighted by Crippen LogP contribution is 2.25. The third kappa shape index (κ3) is 1.32. The van der Waals surface area contributed by atoms with E-state index in [0.29, 0.717) is 6.61 Å². The Bertz CT molecular complexity index is 139. The number of carbonyl (C=O) groups is 1. The van der Waals surface area contributed by atoms with Crippen molar-refractivity contribution in [3.63, 3.8) is 0 Å². The number of rotatable bonds is 2. The van der Waals surface area contributed by atoms with Gasteiger partial charge in [-0.2, -0.15) is 0 Å². The lowest BCUT2D eigenvalue weighted by Crippen LogP contribution is -2.35. The van der Waals surface area contributed by atoms with Gasteiger partial charge in [-0.15, -0.1) is 11.6 Å². The zero-order chi connectivity index (χ0) is 7.61. The topological polar surface area (TPSA) is 26.3 Å². The van der Waals surface area contributed by atoms with E-state index in [9.17, 15) is 4.79 Å². The first-order valence-corrected chi connectivity index (χ1v) is 3.96. The normalized spacial score (nSPS) is 32.6. The van der Waals surface area contributed by atoms with Gasteiger partial charge in [0.1, 0.15) is 5.60 Å². The predicted molar refractivity (Wildman–Crippen MR) is 39.3 cm³/mol. The largest absolute Gasteiger partial charge is 0.367 e. The molecule has 3 heteroatoms. The number of ether oxygens (including phenoxy) is 1. The second kappa shape index (κ2) is 2.89. The minimum atomic E-state index is -0.568. The standard InChI is InChI=1S/C7H11ClO2/c1-7(6(9)5-8)3-2-4-10-7/h2-5H2,1H3. The summed E-state index contributed by atoms with van der Waals surface area (Å²) >= 11 is 5.39. The van der Waals surface area contributed by atoms with Gasteiger partial charge in [-0.1, -0.05) is 0 Å². The molecule has 0 aliphatic carbocycles. The Hall–Kier alpha value is -0.0800. The van der Waals surface area contributed by atoms with Gasteiger partial charge in [0.2, 0.25) is 0 Å². The van der Waals surface area contributed by atoms with E-state index in [1.54, 1.807) is 0 Å². The van der Waals surface area contributed by atoms with Gasteiger partial charge in [-0.3, -0.25) is 4.79 Å². The summed E-state index contributed by atoms with van der Waals surface area (Å²) in [5.74, 6) is 0.0721. The van der Waals surface area contributed by atoms with Crippen LogP contribution in [0.2, 0.25) is 0 Å². The maximum atomic E-state index is 11.1. The summed E-state index contributed by atoms with van der Waals surface area (Å²) in [6.07, 6.45) is 1.79. The third-order valence-electron chi connectivity index (χ3n) is 1.93. The molecule has 1 aliphatic rings. The van der Waals surface area contributed by atoms with Crippen LogP contribution >= 0.6 is 11.6 Å². The molecule has 1 atom stereocenters. The van der Waals surface area contributed by atoms with E-state index in [-0.39, 0.29) is 11.7 Å². The first-order chi connectivity index (χ1) is 4.69. The SMILES string of the molecule is CC1(C(=O)CCl)CCCO1. The second-order valence-electron chi connectivity index (χ2n) is 2.74. The fourth-order valence-electron chi connectivity index (χ4n) is 1.14. The van der Waals surface area contributed by atoms with Crippen molar-refractivity contribution in [2.45, 2.75) is 25.4 Å². The molecule has 0 amide bonds. The molecule has 2 nitrogen and oxygen atoms in total. The predicted octanol–water partition coefficient (Wildman–Crippen LogP) is 1.36. The highest BCUT2D eigenvalue weighted by atomic mass is 35.5. The molecule has 58 valence electrons. The Morgan fingerprint density at radius 3 is 2.90 bits per heavy atom. The molecule has 0 spiro atoms. The second-order valence-corrected chi connectivity index (χ2v) is 3.01. The van der Waals surface area contributed by atoms with Crippen LogP contribution in [0.4, 0.5) is 0 Å². The Morgan fingerprint density at radius 2 is 2.50 bits per heavy atom. The smallest absolute Gasteiger partial charge is 0.178 e. The van der Waals surface area contributed by atoms with Crippen molar-refractivity contribution in [1.82, 2.24) is 0 Å². The number of ketones is 1. The van der Waals surface area contributed by atoms with E-state index in [4.69, 9.17) is 16.3 Å². The van der Waals surface area contributed by atoms with Gasteiger partial charge in [0.05, 0.1) is 5.88 Å². The van der Waals surface area contributed by atoms with E-state index >= 15 is 0 Å². The van der Waals surface area contributed by atoms with Crippen LogP contribution in [0.25, 0.3) is 0 Å². The molecular weight excluding hydrogens is 152 g/mol. The Morgan fingerprint density at radius 1 is 1.80 bits per heavy atom. The Balaban J connectivity index is 2.58. The molecule has 0 saturated carbocycles. The van der Waals surface area contributed by atoms with Crippen molar-refractivity contribution in [3.05, 3.63) is 0 Å². The van der Waals surface area contributed by atoms with Crippen LogP contribution in [0.15, 0.2) is 0 Å². The first-order valence-electron chi connectivity index (χ1n) is 3.42. The Labute approximate surface area is 65.5 Å². The van der Waals surface area contributed by atoms with Crippen LogP contribution in [0.1, 0.15) is 19.8 Å². The average molecular weight is 163 g/mol. The molecule has 1 rings (SSSR count). The molecule has 1 fully saturated rings. The van der Waals surface area contributed by atoms with Gasteiger partial charge in [0.25, 0.3) is 0 Å². The molecular formula is C7H11ClO2. The summed E-state index contributed by atoms with van der Waals surface area (Å²) in [6, 6.07) is 0. The van der Waals surface area contributed by atoms with E-state index in [1.165, 1.54) is 0 Å². The fraction of sp³-hybridized carbons (Fsp3) is 0.857. The summed E-state index contributed by atoms with van der Waals surface area (Å²) in [5.41, 5.74) is -0.568. The molecule has 10 heavy (non-hydrogen) atoms. The van der Waals surface area contributed by atoms with Crippen LogP contribution in [-0.4, -0.2) is 23.9 Å². The van der Waals surface area contributed by atoms with Gasteiger partial charge in [-0.25, -0.2) is 0 Å². The number of hydrogen-bond acceptors (Lipinski definition) is 2.